The Kier molecular flexibility index (Phi) is 8.68. The van der Waals surface area contributed by atoms with Crippen LogP contribution < -0.4 is 15.5 Å². The molecular weight excluding hydrogens is 607 g/mol. The van der Waals surface area contributed by atoms with Gasteiger partial charge in [0.2, 0.25) is 11.9 Å². The van der Waals surface area contributed by atoms with Crippen LogP contribution in [-0.2, 0) is 31.1 Å². The number of hydrogen-bond acceptors (Lipinski definition) is 7. The number of ether oxygens (including phenoxy) is 1. The number of rotatable bonds is 8. The van der Waals surface area contributed by atoms with Crippen molar-refractivity contribution in [2.45, 2.75) is 57.2 Å². The largest absolute Gasteiger partial charge is 0.469 e. The molecule has 4 atom stereocenters. The highest BCUT2D eigenvalue weighted by Crippen LogP contribution is 2.43. The molecule has 11 nitrogen and oxygen atoms in total. The third-order valence-electron chi connectivity index (χ3n) is 8.12. The first-order valence-corrected chi connectivity index (χ1v) is 14.8. The molecule has 0 radical (unpaired) electrons. The number of amides is 3. The monoisotopic (exact) mass is 636 g/mol. The lowest BCUT2D eigenvalue weighted by Crippen LogP contribution is -2.48. The van der Waals surface area contributed by atoms with Crippen molar-refractivity contribution in [1.82, 2.24) is 20.2 Å². The van der Waals surface area contributed by atoms with Gasteiger partial charge in [-0.1, -0.05) is 35.3 Å². The lowest BCUT2D eigenvalue weighted by Gasteiger charge is -2.27. The van der Waals surface area contributed by atoms with E-state index in [1.165, 1.54) is 18.2 Å². The SMILES string of the molecule is COC(=O)[C@@H]1CC[C@@H](NC(=O)C(C)NC(=O)c2cnc3n2C(C)(Cc2ccc(C#N)cc2)C(=O)N3c2cc(Cl)cc(Cl)c2)C1. The number of halogens is 2. The van der Waals surface area contributed by atoms with Crippen molar-refractivity contribution in [2.75, 3.05) is 12.0 Å². The molecule has 1 aliphatic carbocycles. The highest BCUT2D eigenvalue weighted by Gasteiger charge is 2.51. The molecule has 0 spiro atoms. The summed E-state index contributed by atoms with van der Waals surface area (Å²) in [6.07, 6.45) is 3.23. The molecule has 5 rings (SSSR count). The van der Waals surface area contributed by atoms with Crippen molar-refractivity contribution in [2.24, 2.45) is 5.92 Å². The van der Waals surface area contributed by atoms with Crippen LogP contribution in [0.5, 0.6) is 0 Å². The molecule has 228 valence electrons. The number of esters is 1. The van der Waals surface area contributed by atoms with E-state index in [0.29, 0.717) is 40.6 Å². The average Bonchev–Trinajstić information content (AvgIpc) is 3.69. The van der Waals surface area contributed by atoms with Gasteiger partial charge in [0.25, 0.3) is 11.8 Å². The number of nitrogens with zero attached hydrogens (tertiary/aromatic N) is 4. The second-order valence-corrected chi connectivity index (χ2v) is 12.1. The number of nitrogens with one attached hydrogen (secondary N) is 2. The molecule has 13 heteroatoms. The van der Waals surface area contributed by atoms with Gasteiger partial charge in [0, 0.05) is 22.5 Å². The first-order valence-electron chi connectivity index (χ1n) is 14.0. The first-order chi connectivity index (χ1) is 20.9. The Labute approximate surface area is 264 Å². The molecule has 2 aromatic carbocycles. The van der Waals surface area contributed by atoms with E-state index in [1.807, 2.05) is 0 Å². The predicted molar refractivity (Wildman–Crippen MR) is 163 cm³/mol. The first kappa shape index (κ1) is 31.0. The maximum atomic E-state index is 14.2. The summed E-state index contributed by atoms with van der Waals surface area (Å²) in [4.78, 5) is 58.5. The number of nitriles is 1. The number of imidazole rings is 1. The molecule has 1 aliphatic heterocycles. The molecule has 2 heterocycles. The van der Waals surface area contributed by atoms with E-state index in [4.69, 9.17) is 27.9 Å². The van der Waals surface area contributed by atoms with Gasteiger partial charge in [0.05, 0.1) is 36.5 Å². The van der Waals surface area contributed by atoms with E-state index in [-0.39, 0.29) is 41.9 Å². The van der Waals surface area contributed by atoms with Gasteiger partial charge in [0.15, 0.2) is 0 Å². The van der Waals surface area contributed by atoms with Crippen molar-refractivity contribution >= 4 is 58.5 Å². The summed E-state index contributed by atoms with van der Waals surface area (Å²) in [6, 6.07) is 12.5. The number of carbonyl (C=O) groups excluding carboxylic acids is 4. The van der Waals surface area contributed by atoms with Gasteiger partial charge in [-0.25, -0.2) is 9.88 Å². The fraction of sp³-hybridized carbons (Fsp3) is 0.355. The zero-order chi connectivity index (χ0) is 31.8. The van der Waals surface area contributed by atoms with E-state index in [0.717, 1.165) is 5.56 Å². The Bertz CT molecular complexity index is 1660. The Morgan fingerprint density at radius 2 is 1.84 bits per heavy atom. The summed E-state index contributed by atoms with van der Waals surface area (Å²) >= 11 is 12.5. The van der Waals surface area contributed by atoms with Gasteiger partial charge in [0.1, 0.15) is 17.3 Å². The highest BCUT2D eigenvalue weighted by atomic mass is 35.5. The molecule has 3 amide bonds. The molecule has 2 unspecified atom stereocenters. The quantitative estimate of drug-likeness (QED) is 0.351. The maximum Gasteiger partial charge on any atom is 0.308 e. The van der Waals surface area contributed by atoms with Gasteiger partial charge in [-0.05, 0) is 69.0 Å². The van der Waals surface area contributed by atoms with E-state index in [9.17, 15) is 24.4 Å². The molecule has 1 fully saturated rings. The zero-order valence-corrected chi connectivity index (χ0v) is 25.8. The highest BCUT2D eigenvalue weighted by molar-refractivity contribution is 6.35. The maximum absolute atomic E-state index is 14.2. The smallest absolute Gasteiger partial charge is 0.308 e. The standard InChI is InChI=1S/C31H30Cl2N6O5/c1-17(26(40)37-23-9-8-20(10-23)28(42)44-3)36-27(41)25-16-35-30-38(24-12-21(32)11-22(33)13-24)29(43)31(2,39(25)30)14-18-4-6-19(15-34)7-5-18/h4-7,11-13,16-17,20,23H,8-10,14H2,1-3H3,(H,36,41)(H,37,40)/t17?,20-,23-,31?/m1/s1. The van der Waals surface area contributed by atoms with Crippen molar-refractivity contribution < 1.29 is 23.9 Å². The number of methoxy groups -OCH3 is 1. The Morgan fingerprint density at radius 1 is 1.16 bits per heavy atom. The van der Waals surface area contributed by atoms with Gasteiger partial charge < -0.3 is 15.4 Å². The van der Waals surface area contributed by atoms with Crippen molar-refractivity contribution in [1.29, 1.82) is 5.26 Å². The lowest BCUT2D eigenvalue weighted by atomic mass is 9.91. The van der Waals surface area contributed by atoms with Gasteiger partial charge >= 0.3 is 5.97 Å². The number of benzene rings is 2. The normalized spacial score (nSPS) is 21.4. The van der Waals surface area contributed by atoms with E-state index in [2.05, 4.69) is 21.7 Å². The lowest BCUT2D eigenvalue weighted by molar-refractivity contribution is -0.145. The second-order valence-electron chi connectivity index (χ2n) is 11.2. The minimum Gasteiger partial charge on any atom is -0.469 e. The number of hydrogen-bond donors (Lipinski definition) is 2. The molecule has 2 N–H and O–H groups in total. The number of fused-ring (bicyclic) bond motifs is 1. The van der Waals surface area contributed by atoms with Crippen LogP contribution in [-0.4, -0.2) is 52.4 Å². The van der Waals surface area contributed by atoms with Crippen LogP contribution in [0.4, 0.5) is 11.6 Å². The van der Waals surface area contributed by atoms with Gasteiger partial charge in [-0.2, -0.15) is 5.26 Å². The Morgan fingerprint density at radius 3 is 2.48 bits per heavy atom. The molecule has 1 saturated carbocycles. The van der Waals surface area contributed by atoms with Crippen LogP contribution >= 0.6 is 23.2 Å². The van der Waals surface area contributed by atoms with Crippen LogP contribution in [0.3, 0.4) is 0 Å². The van der Waals surface area contributed by atoms with E-state index < -0.39 is 23.4 Å². The van der Waals surface area contributed by atoms with Gasteiger partial charge in [-0.15, -0.1) is 0 Å². The molecule has 3 aromatic rings. The molecule has 0 saturated heterocycles. The summed E-state index contributed by atoms with van der Waals surface area (Å²) in [5.41, 5.74) is 0.364. The average molecular weight is 638 g/mol. The zero-order valence-electron chi connectivity index (χ0n) is 24.3. The summed E-state index contributed by atoms with van der Waals surface area (Å²) in [6.45, 7) is 3.26. The van der Waals surface area contributed by atoms with Crippen molar-refractivity contribution in [3.8, 4) is 6.07 Å². The Hall–Kier alpha value is -4.40. The summed E-state index contributed by atoms with van der Waals surface area (Å²) in [7, 11) is 1.34. The van der Waals surface area contributed by atoms with Crippen LogP contribution in [0.15, 0.2) is 48.7 Å². The fourth-order valence-corrected chi connectivity index (χ4v) is 6.39. The van der Waals surface area contributed by atoms with Crippen LogP contribution in [0, 0.1) is 17.2 Å². The number of carbonyl (C=O) groups is 4. The Balaban J connectivity index is 1.43. The van der Waals surface area contributed by atoms with E-state index in [1.54, 1.807) is 60.9 Å². The van der Waals surface area contributed by atoms with Crippen molar-refractivity contribution in [3.05, 3.63) is 75.5 Å². The molecule has 2 aliphatic rings. The topological polar surface area (TPSA) is 146 Å². The van der Waals surface area contributed by atoms with Crippen LogP contribution in [0.25, 0.3) is 0 Å². The third kappa shape index (κ3) is 5.87. The van der Waals surface area contributed by atoms with Crippen LogP contribution in [0.2, 0.25) is 10.0 Å². The molecular formula is C31H30Cl2N6O5. The molecule has 0 bridgehead atoms. The van der Waals surface area contributed by atoms with Crippen molar-refractivity contribution in [3.63, 3.8) is 0 Å². The number of anilines is 2. The summed E-state index contributed by atoms with van der Waals surface area (Å²) in [5, 5.41) is 15.5. The summed E-state index contributed by atoms with van der Waals surface area (Å²) < 4.78 is 6.37. The van der Waals surface area contributed by atoms with E-state index >= 15 is 0 Å². The molecule has 1 aromatic heterocycles. The predicted octanol–water partition coefficient (Wildman–Crippen LogP) is 4.27. The third-order valence-corrected chi connectivity index (χ3v) is 8.56. The number of aromatic nitrogens is 2. The van der Waals surface area contributed by atoms with Gasteiger partial charge in [-0.3, -0.25) is 23.7 Å². The summed E-state index contributed by atoms with van der Waals surface area (Å²) in [5.74, 6) is -1.76. The fourth-order valence-electron chi connectivity index (χ4n) is 5.88. The minimum atomic E-state index is -1.32. The minimum absolute atomic E-state index is 0.0754. The molecule has 44 heavy (non-hydrogen) atoms. The van der Waals surface area contributed by atoms with Crippen LogP contribution in [0.1, 0.15) is 54.7 Å². The second kappa shape index (κ2) is 12.3.